The van der Waals surface area contributed by atoms with Gasteiger partial charge in [0, 0.05) is 24.1 Å². The number of benzene rings is 3. The standard InChI is InChI=1S/C30H28N4OS/c1-21-5-3-7-24(15-21)17-32-29(35)26-11-9-23(10-12-26)19-34-28-18-31-14-13-27(28)33-30(34)36-20-25-8-4-6-22(2)16-25/h3-16,18H,17,19-20H2,1-2H3,(H,32,35). The van der Waals surface area contributed by atoms with Gasteiger partial charge in [-0.15, -0.1) is 0 Å². The molecule has 5 nitrogen and oxygen atoms in total. The Morgan fingerprint density at radius 3 is 2.36 bits per heavy atom. The van der Waals surface area contributed by atoms with Crippen LogP contribution in [0.4, 0.5) is 0 Å². The number of imidazole rings is 1. The summed E-state index contributed by atoms with van der Waals surface area (Å²) in [4.78, 5) is 21.9. The van der Waals surface area contributed by atoms with Crippen molar-refractivity contribution >= 4 is 28.7 Å². The highest BCUT2D eigenvalue weighted by molar-refractivity contribution is 7.98. The van der Waals surface area contributed by atoms with Gasteiger partial charge in [-0.2, -0.15) is 0 Å². The van der Waals surface area contributed by atoms with Gasteiger partial charge < -0.3 is 9.88 Å². The summed E-state index contributed by atoms with van der Waals surface area (Å²) in [6, 6.07) is 26.5. The van der Waals surface area contributed by atoms with Crippen molar-refractivity contribution < 1.29 is 4.79 Å². The molecule has 0 atom stereocenters. The van der Waals surface area contributed by atoms with Gasteiger partial charge in [0.2, 0.25) is 0 Å². The average Bonchev–Trinajstić information content (AvgIpc) is 3.24. The Morgan fingerprint density at radius 2 is 1.61 bits per heavy atom. The Balaban J connectivity index is 1.30. The summed E-state index contributed by atoms with van der Waals surface area (Å²) in [6.45, 7) is 5.33. The highest BCUT2D eigenvalue weighted by Gasteiger charge is 2.13. The van der Waals surface area contributed by atoms with Crippen molar-refractivity contribution in [1.29, 1.82) is 0 Å². The average molecular weight is 493 g/mol. The minimum atomic E-state index is -0.0743. The number of hydrogen-bond acceptors (Lipinski definition) is 4. The molecule has 0 saturated heterocycles. The first-order chi connectivity index (χ1) is 17.5. The molecule has 3 aromatic carbocycles. The fourth-order valence-corrected chi connectivity index (χ4v) is 5.17. The van der Waals surface area contributed by atoms with Crippen LogP contribution in [0, 0.1) is 13.8 Å². The molecule has 0 radical (unpaired) electrons. The Bertz CT molecular complexity index is 1510. The summed E-state index contributed by atoms with van der Waals surface area (Å²) in [7, 11) is 0. The molecule has 2 aromatic heterocycles. The molecule has 0 fully saturated rings. The van der Waals surface area contributed by atoms with Crippen LogP contribution in [0.25, 0.3) is 11.0 Å². The Hall–Kier alpha value is -3.90. The minimum absolute atomic E-state index is 0.0743. The van der Waals surface area contributed by atoms with Gasteiger partial charge in [0.05, 0.1) is 23.8 Å². The summed E-state index contributed by atoms with van der Waals surface area (Å²) in [5.41, 5.74) is 8.50. The highest BCUT2D eigenvalue weighted by Crippen LogP contribution is 2.27. The molecule has 0 aliphatic carbocycles. The molecular formula is C30H28N4OS. The minimum Gasteiger partial charge on any atom is -0.348 e. The fourth-order valence-electron chi connectivity index (χ4n) is 4.21. The van der Waals surface area contributed by atoms with Crippen LogP contribution in [0.2, 0.25) is 0 Å². The van der Waals surface area contributed by atoms with Crippen LogP contribution >= 0.6 is 11.8 Å². The molecule has 180 valence electrons. The van der Waals surface area contributed by atoms with E-state index in [2.05, 4.69) is 65.1 Å². The van der Waals surface area contributed by atoms with Gasteiger partial charge in [0.1, 0.15) is 0 Å². The number of aryl methyl sites for hydroxylation is 2. The number of thioether (sulfide) groups is 1. The van der Waals surface area contributed by atoms with Gasteiger partial charge in [-0.3, -0.25) is 9.78 Å². The number of fused-ring (bicyclic) bond motifs is 1. The van der Waals surface area contributed by atoms with E-state index in [1.165, 1.54) is 16.7 Å². The number of aromatic nitrogens is 3. The SMILES string of the molecule is Cc1cccc(CNC(=O)c2ccc(Cn3c(SCc4cccc(C)c4)nc4ccncc43)cc2)c1. The molecule has 36 heavy (non-hydrogen) atoms. The third-order valence-electron chi connectivity index (χ3n) is 6.06. The lowest BCUT2D eigenvalue weighted by Crippen LogP contribution is -2.22. The van der Waals surface area contributed by atoms with Crippen LogP contribution < -0.4 is 5.32 Å². The maximum Gasteiger partial charge on any atom is 0.251 e. The van der Waals surface area contributed by atoms with Crippen LogP contribution in [0.1, 0.15) is 38.2 Å². The number of nitrogens with one attached hydrogen (secondary N) is 1. The zero-order chi connectivity index (χ0) is 24.9. The second kappa shape index (κ2) is 10.8. The van der Waals surface area contributed by atoms with E-state index >= 15 is 0 Å². The number of nitrogens with zero attached hydrogens (tertiary/aromatic N) is 3. The van der Waals surface area contributed by atoms with Gasteiger partial charge in [-0.25, -0.2) is 4.98 Å². The van der Waals surface area contributed by atoms with Crippen LogP contribution in [0.15, 0.2) is 96.4 Å². The van der Waals surface area contributed by atoms with Gasteiger partial charge in [-0.1, -0.05) is 83.6 Å². The van der Waals surface area contributed by atoms with Crippen LogP contribution in [-0.4, -0.2) is 20.4 Å². The molecular weight excluding hydrogens is 464 g/mol. The Kier molecular flexibility index (Phi) is 7.14. The first-order valence-electron chi connectivity index (χ1n) is 12.0. The lowest BCUT2D eigenvalue weighted by Gasteiger charge is -2.11. The first kappa shape index (κ1) is 23.8. The maximum atomic E-state index is 12.7. The van der Waals surface area contributed by atoms with Crippen molar-refractivity contribution in [3.05, 3.63) is 125 Å². The van der Waals surface area contributed by atoms with E-state index in [0.29, 0.717) is 18.7 Å². The molecule has 5 rings (SSSR count). The van der Waals surface area contributed by atoms with Gasteiger partial charge in [-0.05, 0) is 48.7 Å². The molecule has 2 heterocycles. The quantitative estimate of drug-likeness (QED) is 0.258. The summed E-state index contributed by atoms with van der Waals surface area (Å²) < 4.78 is 2.20. The number of carbonyl (C=O) groups is 1. The van der Waals surface area contributed by atoms with Crippen molar-refractivity contribution in [2.75, 3.05) is 0 Å². The zero-order valence-corrected chi connectivity index (χ0v) is 21.3. The summed E-state index contributed by atoms with van der Waals surface area (Å²) in [6.07, 6.45) is 3.64. The van der Waals surface area contributed by atoms with Gasteiger partial charge in [0.15, 0.2) is 5.16 Å². The first-order valence-corrected chi connectivity index (χ1v) is 12.9. The lowest BCUT2D eigenvalue weighted by atomic mass is 10.1. The van der Waals surface area contributed by atoms with E-state index in [-0.39, 0.29) is 5.91 Å². The van der Waals surface area contributed by atoms with Crippen LogP contribution in [-0.2, 0) is 18.8 Å². The van der Waals surface area contributed by atoms with Gasteiger partial charge >= 0.3 is 0 Å². The molecule has 0 bridgehead atoms. The van der Waals surface area contributed by atoms with Gasteiger partial charge in [0.25, 0.3) is 5.91 Å². The van der Waals surface area contributed by atoms with Crippen LogP contribution in [0.5, 0.6) is 0 Å². The Labute approximate surface area is 215 Å². The molecule has 5 aromatic rings. The number of hydrogen-bond donors (Lipinski definition) is 1. The fraction of sp³-hybridized carbons (Fsp3) is 0.167. The molecule has 0 unspecified atom stereocenters. The number of amides is 1. The van der Waals surface area contributed by atoms with E-state index in [1.54, 1.807) is 18.0 Å². The van der Waals surface area contributed by atoms with Crippen molar-refractivity contribution in [2.45, 2.75) is 37.8 Å². The van der Waals surface area contributed by atoms with Crippen molar-refractivity contribution in [3.63, 3.8) is 0 Å². The van der Waals surface area contributed by atoms with Crippen LogP contribution in [0.3, 0.4) is 0 Å². The van der Waals surface area contributed by atoms with Crippen molar-refractivity contribution in [1.82, 2.24) is 19.9 Å². The van der Waals surface area contributed by atoms with Crippen molar-refractivity contribution in [2.24, 2.45) is 0 Å². The molecule has 1 amide bonds. The largest absolute Gasteiger partial charge is 0.348 e. The van der Waals surface area contributed by atoms with E-state index in [1.807, 2.05) is 48.7 Å². The number of carbonyl (C=O) groups excluding carboxylic acids is 1. The van der Waals surface area contributed by atoms with Crippen molar-refractivity contribution in [3.8, 4) is 0 Å². The van der Waals surface area contributed by atoms with E-state index in [0.717, 1.165) is 33.1 Å². The molecule has 0 spiro atoms. The highest BCUT2D eigenvalue weighted by atomic mass is 32.2. The summed E-state index contributed by atoms with van der Waals surface area (Å²) in [5, 5.41) is 3.97. The summed E-state index contributed by atoms with van der Waals surface area (Å²) in [5.74, 6) is 0.771. The monoisotopic (exact) mass is 492 g/mol. The number of rotatable bonds is 8. The second-order valence-corrected chi connectivity index (χ2v) is 9.93. The molecule has 6 heteroatoms. The smallest absolute Gasteiger partial charge is 0.251 e. The van der Waals surface area contributed by atoms with E-state index < -0.39 is 0 Å². The molecule has 0 saturated carbocycles. The topological polar surface area (TPSA) is 59.8 Å². The predicted molar refractivity (Wildman–Crippen MR) is 146 cm³/mol. The normalized spacial score (nSPS) is 11.1. The predicted octanol–water partition coefficient (Wildman–Crippen LogP) is 6.32. The maximum absolute atomic E-state index is 12.7. The second-order valence-electron chi connectivity index (χ2n) is 8.99. The lowest BCUT2D eigenvalue weighted by molar-refractivity contribution is 0.0951. The molecule has 0 aliphatic heterocycles. The Morgan fingerprint density at radius 1 is 0.889 bits per heavy atom. The van der Waals surface area contributed by atoms with E-state index in [4.69, 9.17) is 4.98 Å². The molecule has 1 N–H and O–H groups in total. The van der Waals surface area contributed by atoms with E-state index in [9.17, 15) is 4.79 Å². The zero-order valence-electron chi connectivity index (χ0n) is 20.4. The molecule has 0 aliphatic rings. The third-order valence-corrected chi connectivity index (χ3v) is 7.11. The summed E-state index contributed by atoms with van der Waals surface area (Å²) >= 11 is 1.73. The third kappa shape index (κ3) is 5.66. The number of pyridine rings is 1.